The Hall–Kier alpha value is -1.06. The van der Waals surface area contributed by atoms with E-state index in [9.17, 15) is 5.11 Å². The molecular weight excluding hydrogens is 168 g/mol. The molecule has 0 heterocycles. The van der Waals surface area contributed by atoms with Gasteiger partial charge in [0.25, 0.3) is 0 Å². The topological polar surface area (TPSA) is 60.7 Å². The van der Waals surface area contributed by atoms with Crippen LogP contribution >= 0.6 is 0 Å². The minimum absolute atomic E-state index is 0.123. The van der Waals surface area contributed by atoms with Crippen molar-refractivity contribution < 1.29 is 15.3 Å². The summed E-state index contributed by atoms with van der Waals surface area (Å²) in [6.45, 7) is 0.00856. The maximum absolute atomic E-state index is 9.37. The van der Waals surface area contributed by atoms with Gasteiger partial charge in [0.2, 0.25) is 0 Å². The summed E-state index contributed by atoms with van der Waals surface area (Å²) in [4.78, 5) is 0. The van der Waals surface area contributed by atoms with Gasteiger partial charge in [0.15, 0.2) is 0 Å². The molecule has 72 valence electrons. The summed E-state index contributed by atoms with van der Waals surface area (Å²) in [5.41, 5.74) is 1.51. The molecule has 0 aliphatic carbocycles. The Balaban J connectivity index is 2.71. The van der Waals surface area contributed by atoms with E-state index in [1.807, 2.05) is 6.07 Å². The van der Waals surface area contributed by atoms with Gasteiger partial charge in [-0.15, -0.1) is 0 Å². The molecule has 0 spiro atoms. The predicted molar refractivity (Wildman–Crippen MR) is 49.4 cm³/mol. The average molecular weight is 182 g/mol. The molecule has 0 saturated carbocycles. The highest BCUT2D eigenvalue weighted by atomic mass is 16.3. The lowest BCUT2D eigenvalue weighted by Gasteiger charge is -2.04. The number of benzene rings is 1. The van der Waals surface area contributed by atoms with E-state index in [1.54, 1.807) is 12.1 Å². The summed E-state index contributed by atoms with van der Waals surface area (Å²) in [5.74, 6) is 0.123. The molecule has 0 aliphatic rings. The van der Waals surface area contributed by atoms with E-state index in [2.05, 4.69) is 0 Å². The van der Waals surface area contributed by atoms with Gasteiger partial charge < -0.3 is 15.3 Å². The van der Waals surface area contributed by atoms with Crippen LogP contribution in [-0.2, 0) is 13.0 Å². The maximum Gasteiger partial charge on any atom is 0.121 e. The Morgan fingerprint density at radius 1 is 1.15 bits per heavy atom. The van der Waals surface area contributed by atoms with Crippen LogP contribution in [-0.4, -0.2) is 21.9 Å². The van der Waals surface area contributed by atoms with Crippen LogP contribution < -0.4 is 0 Å². The van der Waals surface area contributed by atoms with Crippen LogP contribution in [0.25, 0.3) is 0 Å². The van der Waals surface area contributed by atoms with Crippen molar-refractivity contribution in [2.75, 3.05) is 6.61 Å². The fourth-order valence-electron chi connectivity index (χ4n) is 1.18. The van der Waals surface area contributed by atoms with E-state index in [0.717, 1.165) is 12.0 Å². The van der Waals surface area contributed by atoms with Crippen molar-refractivity contribution in [1.29, 1.82) is 0 Å². The van der Waals surface area contributed by atoms with E-state index in [-0.39, 0.29) is 19.0 Å². The Labute approximate surface area is 77.3 Å². The van der Waals surface area contributed by atoms with Crippen LogP contribution in [0.4, 0.5) is 0 Å². The Kier molecular flexibility index (Phi) is 3.73. The van der Waals surface area contributed by atoms with E-state index < -0.39 is 0 Å². The molecule has 0 radical (unpaired) electrons. The molecule has 13 heavy (non-hydrogen) atoms. The Morgan fingerprint density at radius 3 is 2.46 bits per heavy atom. The standard InChI is InChI=1S/C10H14O3/c11-5-1-2-8-3-4-9(7-12)10(13)6-8/h3-4,6,11-13H,1-2,5,7H2. The lowest BCUT2D eigenvalue weighted by Crippen LogP contribution is -1.91. The van der Waals surface area contributed by atoms with Crippen molar-refractivity contribution in [3.8, 4) is 5.75 Å². The number of phenols is 1. The fraction of sp³-hybridized carbons (Fsp3) is 0.400. The van der Waals surface area contributed by atoms with Crippen molar-refractivity contribution in [2.24, 2.45) is 0 Å². The zero-order chi connectivity index (χ0) is 9.68. The highest BCUT2D eigenvalue weighted by molar-refractivity contribution is 5.35. The van der Waals surface area contributed by atoms with Gasteiger partial charge in [0.1, 0.15) is 5.75 Å². The second-order valence-corrected chi connectivity index (χ2v) is 2.95. The number of aryl methyl sites for hydroxylation is 1. The Morgan fingerprint density at radius 2 is 1.92 bits per heavy atom. The zero-order valence-electron chi connectivity index (χ0n) is 7.40. The van der Waals surface area contributed by atoms with Gasteiger partial charge in [-0.1, -0.05) is 12.1 Å². The molecule has 0 saturated heterocycles. The van der Waals surface area contributed by atoms with Crippen molar-refractivity contribution in [1.82, 2.24) is 0 Å². The summed E-state index contributed by atoms with van der Waals surface area (Å²) in [6, 6.07) is 5.17. The number of aliphatic hydroxyl groups is 2. The largest absolute Gasteiger partial charge is 0.508 e. The molecule has 0 unspecified atom stereocenters. The molecule has 1 rings (SSSR count). The van der Waals surface area contributed by atoms with Gasteiger partial charge in [-0.05, 0) is 24.5 Å². The molecule has 0 fully saturated rings. The first-order valence-electron chi connectivity index (χ1n) is 4.30. The SMILES string of the molecule is OCCCc1ccc(CO)c(O)c1. The van der Waals surface area contributed by atoms with Gasteiger partial charge in [-0.25, -0.2) is 0 Å². The summed E-state index contributed by atoms with van der Waals surface area (Å²) in [5, 5.41) is 26.7. The van der Waals surface area contributed by atoms with E-state index >= 15 is 0 Å². The molecular formula is C10H14O3. The van der Waals surface area contributed by atoms with Gasteiger partial charge >= 0.3 is 0 Å². The molecule has 0 atom stereocenters. The monoisotopic (exact) mass is 182 g/mol. The highest BCUT2D eigenvalue weighted by Crippen LogP contribution is 2.19. The number of hydrogen-bond donors (Lipinski definition) is 3. The average Bonchev–Trinajstić information content (AvgIpc) is 2.15. The first kappa shape index (κ1) is 10.0. The summed E-state index contributed by atoms with van der Waals surface area (Å²) >= 11 is 0. The van der Waals surface area contributed by atoms with Crippen LogP contribution in [0.15, 0.2) is 18.2 Å². The summed E-state index contributed by atoms with van der Waals surface area (Å²) in [7, 11) is 0. The molecule has 3 nitrogen and oxygen atoms in total. The molecule has 0 bridgehead atoms. The number of hydrogen-bond acceptors (Lipinski definition) is 3. The first-order valence-corrected chi connectivity index (χ1v) is 4.30. The third kappa shape index (κ3) is 2.72. The molecule has 1 aromatic rings. The number of aliphatic hydroxyl groups excluding tert-OH is 2. The van der Waals surface area contributed by atoms with Crippen LogP contribution in [0.3, 0.4) is 0 Å². The molecule has 0 aromatic heterocycles. The van der Waals surface area contributed by atoms with Gasteiger partial charge in [0.05, 0.1) is 6.61 Å². The predicted octanol–water partition coefficient (Wildman–Crippen LogP) is 0.809. The zero-order valence-corrected chi connectivity index (χ0v) is 7.40. The molecule has 0 aliphatic heterocycles. The third-order valence-electron chi connectivity index (χ3n) is 1.94. The van der Waals surface area contributed by atoms with Crippen molar-refractivity contribution in [3.05, 3.63) is 29.3 Å². The normalized spacial score (nSPS) is 10.3. The molecule has 0 amide bonds. The lowest BCUT2D eigenvalue weighted by molar-refractivity contribution is 0.275. The second kappa shape index (κ2) is 4.84. The van der Waals surface area contributed by atoms with Gasteiger partial charge in [-0.2, -0.15) is 0 Å². The number of aromatic hydroxyl groups is 1. The molecule has 3 heteroatoms. The molecule has 1 aromatic carbocycles. The third-order valence-corrected chi connectivity index (χ3v) is 1.94. The van der Waals surface area contributed by atoms with E-state index in [0.29, 0.717) is 12.0 Å². The van der Waals surface area contributed by atoms with Crippen LogP contribution in [0.2, 0.25) is 0 Å². The minimum atomic E-state index is -0.147. The quantitative estimate of drug-likeness (QED) is 0.645. The number of rotatable bonds is 4. The lowest BCUT2D eigenvalue weighted by atomic mass is 10.1. The van der Waals surface area contributed by atoms with E-state index in [1.165, 1.54) is 0 Å². The van der Waals surface area contributed by atoms with Crippen LogP contribution in [0.1, 0.15) is 17.5 Å². The van der Waals surface area contributed by atoms with Crippen molar-refractivity contribution in [2.45, 2.75) is 19.4 Å². The summed E-state index contributed by atoms with van der Waals surface area (Å²) < 4.78 is 0. The van der Waals surface area contributed by atoms with Gasteiger partial charge in [-0.3, -0.25) is 0 Å². The first-order chi connectivity index (χ1) is 6.27. The summed E-state index contributed by atoms with van der Waals surface area (Å²) in [6.07, 6.45) is 1.44. The fourth-order valence-corrected chi connectivity index (χ4v) is 1.18. The highest BCUT2D eigenvalue weighted by Gasteiger charge is 2.00. The van der Waals surface area contributed by atoms with Crippen molar-refractivity contribution >= 4 is 0 Å². The minimum Gasteiger partial charge on any atom is -0.508 e. The van der Waals surface area contributed by atoms with Crippen LogP contribution in [0.5, 0.6) is 5.75 Å². The second-order valence-electron chi connectivity index (χ2n) is 2.95. The van der Waals surface area contributed by atoms with Gasteiger partial charge in [0, 0.05) is 12.2 Å². The maximum atomic E-state index is 9.37. The Bertz CT molecular complexity index is 271. The van der Waals surface area contributed by atoms with E-state index in [4.69, 9.17) is 10.2 Å². The smallest absolute Gasteiger partial charge is 0.121 e. The molecule has 3 N–H and O–H groups in total. The van der Waals surface area contributed by atoms with Crippen LogP contribution in [0, 0.1) is 0 Å². The van der Waals surface area contributed by atoms with Crippen molar-refractivity contribution in [3.63, 3.8) is 0 Å².